The second-order valence-electron chi connectivity index (χ2n) is 8.63. The Morgan fingerprint density at radius 2 is 2.14 bits per heavy atom. The van der Waals surface area contributed by atoms with Gasteiger partial charge in [0.15, 0.2) is 17.0 Å². The van der Waals surface area contributed by atoms with E-state index in [1.807, 2.05) is 0 Å². The van der Waals surface area contributed by atoms with Crippen LogP contribution in [0.25, 0.3) is 16.2 Å². The van der Waals surface area contributed by atoms with E-state index in [2.05, 4.69) is 22.3 Å². The Hall–Kier alpha value is -2.96. The predicted molar refractivity (Wildman–Crippen MR) is 136 cm³/mol. The van der Waals surface area contributed by atoms with Crippen LogP contribution in [0.4, 0.5) is 18.2 Å². The van der Waals surface area contributed by atoms with E-state index in [9.17, 15) is 22.8 Å². The van der Waals surface area contributed by atoms with Crippen molar-refractivity contribution in [1.29, 1.82) is 0 Å². The first kappa shape index (κ1) is 25.7. The minimum atomic E-state index is -4.78. The molecular weight excluding hydrogens is 549 g/mol. The minimum absolute atomic E-state index is 0.0632. The number of nitrogens with one attached hydrogen (secondary N) is 1. The number of anilines is 1. The van der Waals surface area contributed by atoms with Gasteiger partial charge in [-0.15, -0.1) is 22.7 Å². The number of nitrogens with zero attached hydrogens (tertiary/aromatic N) is 3. The molecule has 1 N–H and O–H groups in total. The molecule has 0 aromatic carbocycles. The number of ether oxygens (including phenoxy) is 1. The van der Waals surface area contributed by atoms with Crippen LogP contribution >= 0.6 is 34.3 Å². The zero-order valence-electron chi connectivity index (χ0n) is 19.6. The molecule has 1 aliphatic rings. The van der Waals surface area contributed by atoms with Gasteiger partial charge in [0, 0.05) is 4.88 Å². The van der Waals surface area contributed by atoms with Gasteiger partial charge in [0.1, 0.15) is 10.0 Å². The van der Waals surface area contributed by atoms with Gasteiger partial charge in [-0.05, 0) is 55.2 Å². The fraction of sp³-hybridized carbons (Fsp3) is 0.333. The maximum absolute atomic E-state index is 13.9. The SMILES string of the molecule is CCOC(=O)c1c(NC(=O)c2nn3c(C(F)(F)F)cc(-c4cccs4)nc3c2Cl)sc2c1CC[C@H](C)C2. The fourth-order valence-electron chi connectivity index (χ4n) is 4.31. The van der Waals surface area contributed by atoms with E-state index < -0.39 is 29.4 Å². The lowest BCUT2D eigenvalue weighted by atomic mass is 9.88. The summed E-state index contributed by atoms with van der Waals surface area (Å²) in [4.78, 5) is 31.8. The molecule has 0 saturated carbocycles. The van der Waals surface area contributed by atoms with Gasteiger partial charge in [-0.1, -0.05) is 24.6 Å². The lowest BCUT2D eigenvalue weighted by molar-refractivity contribution is -0.142. The van der Waals surface area contributed by atoms with E-state index in [0.29, 0.717) is 21.7 Å². The van der Waals surface area contributed by atoms with E-state index in [1.165, 1.54) is 22.7 Å². The molecule has 1 atom stereocenters. The van der Waals surface area contributed by atoms with Gasteiger partial charge in [-0.2, -0.15) is 18.3 Å². The summed E-state index contributed by atoms with van der Waals surface area (Å²) in [5, 5.41) is 8.19. The van der Waals surface area contributed by atoms with Crippen molar-refractivity contribution < 1.29 is 27.5 Å². The smallest absolute Gasteiger partial charge is 0.433 e. The Morgan fingerprint density at radius 1 is 1.35 bits per heavy atom. The Morgan fingerprint density at radius 3 is 2.81 bits per heavy atom. The highest BCUT2D eigenvalue weighted by Gasteiger charge is 2.37. The van der Waals surface area contributed by atoms with Crippen LogP contribution < -0.4 is 5.32 Å². The van der Waals surface area contributed by atoms with Crippen LogP contribution in [0.5, 0.6) is 0 Å². The van der Waals surface area contributed by atoms with Crippen molar-refractivity contribution >= 4 is 56.8 Å². The highest BCUT2D eigenvalue weighted by molar-refractivity contribution is 7.17. The molecule has 0 bridgehead atoms. The number of halogens is 4. The number of carbonyl (C=O) groups is 2. The summed E-state index contributed by atoms with van der Waals surface area (Å²) < 4.78 is 47.5. The van der Waals surface area contributed by atoms with Gasteiger partial charge < -0.3 is 10.1 Å². The Balaban J connectivity index is 1.58. The second-order valence-corrected chi connectivity index (χ2v) is 11.1. The summed E-state index contributed by atoms with van der Waals surface area (Å²) in [5.74, 6) is -0.993. The predicted octanol–water partition coefficient (Wildman–Crippen LogP) is 6.75. The first-order valence-electron chi connectivity index (χ1n) is 11.4. The Labute approximate surface area is 222 Å². The second kappa shape index (κ2) is 9.73. The third-order valence-corrected chi connectivity index (χ3v) is 8.44. The highest BCUT2D eigenvalue weighted by Crippen LogP contribution is 2.41. The summed E-state index contributed by atoms with van der Waals surface area (Å²) in [6, 6.07) is 4.20. The standard InChI is InChI=1S/C24H20ClF3N4O3S2/c1-3-35-23(34)17-12-7-6-11(2)9-15(12)37-22(17)30-21(33)19-18(25)20-29-13(14-5-4-8-36-14)10-16(24(26,27)28)32(20)31-19/h4-5,8,10-11H,3,6-7,9H2,1-2H3,(H,30,33)/t11-/m0/s1. The summed E-state index contributed by atoms with van der Waals surface area (Å²) >= 11 is 8.87. The summed E-state index contributed by atoms with van der Waals surface area (Å²) in [5.41, 5.74) is -0.675. The van der Waals surface area contributed by atoms with Crippen LogP contribution in [0.2, 0.25) is 5.02 Å². The van der Waals surface area contributed by atoms with Crippen molar-refractivity contribution in [2.24, 2.45) is 5.92 Å². The number of esters is 1. The van der Waals surface area contributed by atoms with E-state index in [0.717, 1.165) is 29.3 Å². The van der Waals surface area contributed by atoms with E-state index in [1.54, 1.807) is 24.4 Å². The molecule has 4 aromatic rings. The quantitative estimate of drug-likeness (QED) is 0.269. The number of carbonyl (C=O) groups excluding carboxylic acids is 2. The lowest BCUT2D eigenvalue weighted by Crippen LogP contribution is -2.18. The molecule has 13 heteroatoms. The van der Waals surface area contributed by atoms with Crippen molar-refractivity contribution in [3.8, 4) is 10.6 Å². The molecular formula is C24H20ClF3N4O3S2. The third kappa shape index (κ3) is 4.73. The van der Waals surface area contributed by atoms with Gasteiger partial charge >= 0.3 is 12.1 Å². The minimum Gasteiger partial charge on any atom is -0.462 e. The summed E-state index contributed by atoms with van der Waals surface area (Å²) in [6.45, 7) is 3.95. The molecule has 1 aliphatic carbocycles. The molecule has 0 fully saturated rings. The number of alkyl halides is 3. The molecule has 0 unspecified atom stereocenters. The molecule has 0 spiro atoms. The van der Waals surface area contributed by atoms with Crippen molar-refractivity contribution in [2.75, 3.05) is 11.9 Å². The zero-order chi connectivity index (χ0) is 26.5. The molecule has 0 radical (unpaired) electrons. The molecule has 0 aliphatic heterocycles. The first-order valence-corrected chi connectivity index (χ1v) is 13.5. The molecule has 7 nitrogen and oxygen atoms in total. The van der Waals surface area contributed by atoms with Crippen molar-refractivity contribution in [3.05, 3.63) is 56.0 Å². The van der Waals surface area contributed by atoms with Gasteiger partial charge in [0.2, 0.25) is 0 Å². The number of amides is 1. The van der Waals surface area contributed by atoms with Crippen LogP contribution in [0, 0.1) is 5.92 Å². The van der Waals surface area contributed by atoms with Crippen LogP contribution in [0.3, 0.4) is 0 Å². The fourth-order valence-corrected chi connectivity index (χ4v) is 6.64. The normalized spacial score (nSPS) is 15.6. The van der Waals surface area contributed by atoms with Crippen LogP contribution in [0.1, 0.15) is 57.2 Å². The van der Waals surface area contributed by atoms with E-state index in [4.69, 9.17) is 16.3 Å². The summed E-state index contributed by atoms with van der Waals surface area (Å²) in [6.07, 6.45) is -2.48. The monoisotopic (exact) mass is 568 g/mol. The number of aromatic nitrogens is 3. The van der Waals surface area contributed by atoms with Gasteiger partial charge in [-0.25, -0.2) is 14.3 Å². The average Bonchev–Trinajstić information content (AvgIpc) is 3.55. The average molecular weight is 569 g/mol. The van der Waals surface area contributed by atoms with Crippen LogP contribution in [0.15, 0.2) is 23.6 Å². The Kier molecular flexibility index (Phi) is 6.75. The number of hydrogen-bond donors (Lipinski definition) is 1. The third-order valence-electron chi connectivity index (χ3n) is 6.03. The zero-order valence-corrected chi connectivity index (χ0v) is 22.0. The summed E-state index contributed by atoms with van der Waals surface area (Å²) in [7, 11) is 0. The molecule has 4 aromatic heterocycles. The number of thiophene rings is 2. The van der Waals surface area contributed by atoms with Crippen molar-refractivity contribution in [3.63, 3.8) is 0 Å². The van der Waals surface area contributed by atoms with E-state index in [-0.39, 0.29) is 33.5 Å². The lowest BCUT2D eigenvalue weighted by Gasteiger charge is -2.18. The maximum Gasteiger partial charge on any atom is 0.433 e. The molecule has 194 valence electrons. The number of hydrogen-bond acceptors (Lipinski definition) is 7. The van der Waals surface area contributed by atoms with Crippen LogP contribution in [-0.4, -0.2) is 33.1 Å². The maximum atomic E-state index is 13.9. The van der Waals surface area contributed by atoms with Gasteiger partial charge in [-0.3, -0.25) is 4.79 Å². The molecule has 5 rings (SSSR count). The number of rotatable bonds is 5. The molecule has 4 heterocycles. The Bertz CT molecular complexity index is 1510. The first-order chi connectivity index (χ1) is 17.6. The van der Waals surface area contributed by atoms with E-state index >= 15 is 0 Å². The number of fused-ring (bicyclic) bond motifs is 2. The van der Waals surface area contributed by atoms with Gasteiger partial charge in [0.05, 0.1) is 22.7 Å². The van der Waals surface area contributed by atoms with Crippen LogP contribution in [-0.2, 0) is 23.8 Å². The topological polar surface area (TPSA) is 85.6 Å². The van der Waals surface area contributed by atoms with Crippen molar-refractivity contribution in [2.45, 2.75) is 39.3 Å². The van der Waals surface area contributed by atoms with Crippen molar-refractivity contribution in [1.82, 2.24) is 14.6 Å². The molecule has 1 amide bonds. The molecule has 0 saturated heterocycles. The largest absolute Gasteiger partial charge is 0.462 e. The molecule has 37 heavy (non-hydrogen) atoms. The highest BCUT2D eigenvalue weighted by atomic mass is 35.5. The van der Waals surface area contributed by atoms with Gasteiger partial charge in [0.25, 0.3) is 5.91 Å².